The van der Waals surface area contributed by atoms with E-state index in [4.69, 9.17) is 11.6 Å². The zero-order valence-corrected chi connectivity index (χ0v) is 16.8. The van der Waals surface area contributed by atoms with Crippen molar-refractivity contribution in [3.63, 3.8) is 0 Å². The van der Waals surface area contributed by atoms with Gasteiger partial charge in [-0.1, -0.05) is 67.1 Å². The zero-order valence-electron chi connectivity index (χ0n) is 15.3. The lowest BCUT2D eigenvalue weighted by atomic mass is 10.1. The fourth-order valence-corrected chi connectivity index (χ4v) is 3.71. The first-order valence-corrected chi connectivity index (χ1v) is 10.0. The van der Waals surface area contributed by atoms with Gasteiger partial charge >= 0.3 is 0 Å². The van der Waals surface area contributed by atoms with Crippen molar-refractivity contribution in [3.05, 3.63) is 64.7 Å². The van der Waals surface area contributed by atoms with Crippen LogP contribution in [0.3, 0.4) is 0 Å². The van der Waals surface area contributed by atoms with E-state index >= 15 is 0 Å². The largest absolute Gasteiger partial charge is 0.300 e. The molecule has 1 N–H and O–H groups in total. The van der Waals surface area contributed by atoms with E-state index in [1.165, 1.54) is 16.9 Å². The van der Waals surface area contributed by atoms with Crippen LogP contribution in [0.5, 0.6) is 0 Å². The summed E-state index contributed by atoms with van der Waals surface area (Å²) in [6, 6.07) is 15.1. The molecule has 0 fully saturated rings. The van der Waals surface area contributed by atoms with Crippen molar-refractivity contribution in [2.45, 2.75) is 20.4 Å². The molecule has 27 heavy (non-hydrogen) atoms. The summed E-state index contributed by atoms with van der Waals surface area (Å²) in [6.45, 7) is 7.17. The highest BCUT2D eigenvalue weighted by molar-refractivity contribution is 7.18. The predicted molar refractivity (Wildman–Crippen MR) is 111 cm³/mol. The summed E-state index contributed by atoms with van der Waals surface area (Å²) >= 11 is 7.48. The van der Waals surface area contributed by atoms with Crippen LogP contribution < -0.4 is 5.32 Å². The first-order chi connectivity index (χ1) is 13.1. The number of amides is 1. The van der Waals surface area contributed by atoms with E-state index in [2.05, 4.69) is 34.3 Å². The van der Waals surface area contributed by atoms with Crippen LogP contribution >= 0.6 is 22.9 Å². The number of nitrogens with one attached hydrogen (secondary N) is 1. The average Bonchev–Trinajstić information content (AvgIpc) is 3.15. The van der Waals surface area contributed by atoms with Gasteiger partial charge in [0.05, 0.1) is 5.02 Å². The quantitative estimate of drug-likeness (QED) is 0.609. The summed E-state index contributed by atoms with van der Waals surface area (Å²) in [7, 11) is 0. The summed E-state index contributed by atoms with van der Waals surface area (Å²) in [5, 5.41) is 12.7. The maximum Gasteiger partial charge on any atom is 0.257 e. The number of carbonyl (C=O) groups is 1. The fraction of sp³-hybridized carbons (Fsp3) is 0.250. The maximum atomic E-state index is 12.5. The summed E-state index contributed by atoms with van der Waals surface area (Å²) in [5.74, 6) is -0.203. The molecule has 1 heterocycles. The minimum Gasteiger partial charge on any atom is -0.300 e. The van der Waals surface area contributed by atoms with Gasteiger partial charge in [-0.05, 0) is 36.9 Å². The number of hydrogen-bond acceptors (Lipinski definition) is 5. The summed E-state index contributed by atoms with van der Waals surface area (Å²) in [5.41, 5.74) is 2.58. The second kappa shape index (κ2) is 9.08. The Balaban J connectivity index is 1.66. The Morgan fingerprint density at radius 1 is 1.07 bits per heavy atom. The minimum absolute atomic E-state index is 0.203. The normalized spacial score (nSPS) is 11.0. The Kier molecular flexibility index (Phi) is 6.55. The van der Waals surface area contributed by atoms with E-state index in [9.17, 15) is 4.79 Å². The van der Waals surface area contributed by atoms with Gasteiger partial charge in [-0.3, -0.25) is 15.0 Å². The van der Waals surface area contributed by atoms with Gasteiger partial charge in [-0.15, -0.1) is 10.2 Å². The van der Waals surface area contributed by atoms with E-state index in [1.54, 1.807) is 6.07 Å². The third-order valence-electron chi connectivity index (χ3n) is 4.27. The Morgan fingerprint density at radius 2 is 1.78 bits per heavy atom. The Labute approximate surface area is 168 Å². The van der Waals surface area contributed by atoms with Crippen molar-refractivity contribution in [3.8, 4) is 10.6 Å². The van der Waals surface area contributed by atoms with Crippen molar-refractivity contribution in [1.82, 2.24) is 15.1 Å². The van der Waals surface area contributed by atoms with E-state index in [0.717, 1.165) is 25.2 Å². The molecule has 5 nitrogen and oxygen atoms in total. The van der Waals surface area contributed by atoms with Gasteiger partial charge in [0.15, 0.2) is 5.01 Å². The molecule has 0 aliphatic heterocycles. The van der Waals surface area contributed by atoms with Crippen LogP contribution in [-0.4, -0.2) is 34.1 Å². The van der Waals surface area contributed by atoms with Crippen LogP contribution in [0.25, 0.3) is 10.6 Å². The lowest BCUT2D eigenvalue weighted by Crippen LogP contribution is -2.22. The smallest absolute Gasteiger partial charge is 0.257 e. The molecule has 0 spiro atoms. The highest BCUT2D eigenvalue weighted by atomic mass is 35.5. The van der Waals surface area contributed by atoms with Gasteiger partial charge in [0.1, 0.15) is 0 Å². The first kappa shape index (κ1) is 19.5. The monoisotopic (exact) mass is 400 g/mol. The molecule has 0 aliphatic rings. The summed E-state index contributed by atoms with van der Waals surface area (Å²) in [6.07, 6.45) is 0. The standard InChI is InChI=1S/C20H21ClN4OS/c1-3-25(4-2)13-14-9-11-15(12-10-14)18(26)22-20-24-23-19(27-20)16-7-5-6-8-17(16)21/h5-12H,3-4,13H2,1-2H3,(H,22,24,26). The third-order valence-corrected chi connectivity index (χ3v) is 5.47. The van der Waals surface area contributed by atoms with Gasteiger partial charge in [-0.25, -0.2) is 0 Å². The molecule has 0 radical (unpaired) electrons. The Morgan fingerprint density at radius 3 is 2.44 bits per heavy atom. The second-order valence-electron chi connectivity index (χ2n) is 6.00. The molecule has 0 bridgehead atoms. The number of benzene rings is 2. The highest BCUT2D eigenvalue weighted by Crippen LogP contribution is 2.31. The maximum absolute atomic E-state index is 12.5. The molecule has 0 saturated carbocycles. The molecule has 0 saturated heterocycles. The molecule has 7 heteroatoms. The van der Waals surface area contributed by atoms with Gasteiger partial charge in [0.2, 0.25) is 5.13 Å². The fourth-order valence-electron chi connectivity index (χ4n) is 2.65. The molecule has 2 aromatic carbocycles. The van der Waals surface area contributed by atoms with Crippen LogP contribution in [0, 0.1) is 0 Å². The van der Waals surface area contributed by atoms with E-state index in [-0.39, 0.29) is 5.91 Å². The van der Waals surface area contributed by atoms with Gasteiger partial charge in [0, 0.05) is 17.7 Å². The SMILES string of the molecule is CCN(CC)Cc1ccc(C(=O)Nc2nnc(-c3ccccc3Cl)s2)cc1. The van der Waals surface area contributed by atoms with Crippen molar-refractivity contribution >= 4 is 34.0 Å². The molecule has 1 aromatic heterocycles. The van der Waals surface area contributed by atoms with E-state index < -0.39 is 0 Å². The summed E-state index contributed by atoms with van der Waals surface area (Å²) in [4.78, 5) is 14.8. The van der Waals surface area contributed by atoms with Crippen LogP contribution in [0.4, 0.5) is 5.13 Å². The Bertz CT molecular complexity index is 906. The predicted octanol–water partition coefficient (Wildman–Crippen LogP) is 4.95. The molecule has 0 aliphatic carbocycles. The van der Waals surface area contributed by atoms with Crippen LogP contribution in [0.15, 0.2) is 48.5 Å². The molecular formula is C20H21ClN4OS. The molecule has 0 unspecified atom stereocenters. The van der Waals surface area contributed by atoms with E-state index in [0.29, 0.717) is 20.7 Å². The topological polar surface area (TPSA) is 58.1 Å². The second-order valence-corrected chi connectivity index (χ2v) is 7.39. The van der Waals surface area contributed by atoms with Crippen molar-refractivity contribution in [2.24, 2.45) is 0 Å². The number of halogens is 1. The molecule has 3 rings (SSSR count). The summed E-state index contributed by atoms with van der Waals surface area (Å²) < 4.78 is 0. The molecular weight excluding hydrogens is 380 g/mol. The van der Waals surface area contributed by atoms with Crippen LogP contribution in [0.2, 0.25) is 5.02 Å². The van der Waals surface area contributed by atoms with Crippen molar-refractivity contribution in [2.75, 3.05) is 18.4 Å². The molecule has 3 aromatic rings. The lowest BCUT2D eigenvalue weighted by Gasteiger charge is -2.17. The third kappa shape index (κ3) is 4.91. The van der Waals surface area contributed by atoms with Crippen LogP contribution in [0.1, 0.15) is 29.8 Å². The number of aromatic nitrogens is 2. The highest BCUT2D eigenvalue weighted by Gasteiger charge is 2.13. The number of nitrogens with zero attached hydrogens (tertiary/aromatic N) is 3. The number of anilines is 1. The van der Waals surface area contributed by atoms with E-state index in [1.807, 2.05) is 42.5 Å². The number of hydrogen-bond donors (Lipinski definition) is 1. The number of carbonyl (C=O) groups excluding carboxylic acids is 1. The van der Waals surface area contributed by atoms with Crippen molar-refractivity contribution in [1.29, 1.82) is 0 Å². The van der Waals surface area contributed by atoms with Crippen LogP contribution in [-0.2, 0) is 6.54 Å². The zero-order chi connectivity index (χ0) is 19.2. The number of rotatable bonds is 7. The lowest BCUT2D eigenvalue weighted by molar-refractivity contribution is 0.102. The Hall–Kier alpha value is -2.28. The molecule has 0 atom stereocenters. The van der Waals surface area contributed by atoms with Gasteiger partial charge < -0.3 is 0 Å². The average molecular weight is 401 g/mol. The molecule has 140 valence electrons. The van der Waals surface area contributed by atoms with Gasteiger partial charge in [0.25, 0.3) is 5.91 Å². The first-order valence-electron chi connectivity index (χ1n) is 8.81. The van der Waals surface area contributed by atoms with Gasteiger partial charge in [-0.2, -0.15) is 0 Å². The molecule has 1 amide bonds. The van der Waals surface area contributed by atoms with Crippen molar-refractivity contribution < 1.29 is 4.79 Å². The minimum atomic E-state index is -0.203.